The molecule has 2 amide bonds. The fourth-order valence-corrected chi connectivity index (χ4v) is 2.72. The Balaban J connectivity index is 2.00. The van der Waals surface area contributed by atoms with Crippen LogP contribution in [-0.4, -0.2) is 51.8 Å². The van der Waals surface area contributed by atoms with Gasteiger partial charge in [-0.2, -0.15) is 0 Å². The highest BCUT2D eigenvalue weighted by atomic mass is 16.5. The van der Waals surface area contributed by atoms with Crippen molar-refractivity contribution in [2.75, 3.05) is 18.5 Å². The van der Waals surface area contributed by atoms with Gasteiger partial charge in [0, 0.05) is 17.9 Å². The molecule has 1 aromatic carbocycles. The average Bonchev–Trinajstić information content (AvgIpc) is 2.73. The van der Waals surface area contributed by atoms with Gasteiger partial charge in [0.25, 0.3) is 5.91 Å². The Hall–Kier alpha value is -3.29. The Labute approximate surface area is 176 Å². The molecule has 1 aromatic heterocycles. The molecule has 0 saturated carbocycles. The van der Waals surface area contributed by atoms with Crippen molar-refractivity contribution in [3.63, 3.8) is 0 Å². The van der Waals surface area contributed by atoms with Crippen molar-refractivity contribution in [1.82, 2.24) is 14.9 Å². The average molecular weight is 412 g/mol. The van der Waals surface area contributed by atoms with Crippen LogP contribution in [0.15, 0.2) is 30.6 Å². The van der Waals surface area contributed by atoms with Crippen molar-refractivity contribution in [2.45, 2.75) is 47.1 Å². The van der Waals surface area contributed by atoms with Gasteiger partial charge in [-0.15, -0.1) is 0 Å². The zero-order valence-corrected chi connectivity index (χ0v) is 18.1. The van der Waals surface area contributed by atoms with Gasteiger partial charge in [-0.3, -0.25) is 14.6 Å². The molecular formula is C22H28N4O4. The van der Waals surface area contributed by atoms with Crippen molar-refractivity contribution in [2.24, 2.45) is 0 Å². The Bertz CT molecular complexity index is 912. The van der Waals surface area contributed by atoms with Crippen LogP contribution >= 0.6 is 0 Å². The number of aryl methyl sites for hydroxylation is 2. The molecule has 160 valence electrons. The van der Waals surface area contributed by atoms with Crippen molar-refractivity contribution in [3.05, 3.63) is 53.1 Å². The van der Waals surface area contributed by atoms with Crippen molar-refractivity contribution in [1.29, 1.82) is 0 Å². The molecule has 2 rings (SSSR count). The zero-order valence-electron chi connectivity index (χ0n) is 18.1. The van der Waals surface area contributed by atoms with Crippen LogP contribution in [0.1, 0.15) is 47.6 Å². The summed E-state index contributed by atoms with van der Waals surface area (Å²) in [6, 6.07) is 5.45. The van der Waals surface area contributed by atoms with Crippen molar-refractivity contribution < 1.29 is 19.1 Å². The third-order valence-corrected chi connectivity index (χ3v) is 4.95. The van der Waals surface area contributed by atoms with Gasteiger partial charge < -0.3 is 15.0 Å². The number of anilines is 1. The molecule has 30 heavy (non-hydrogen) atoms. The first-order valence-corrected chi connectivity index (χ1v) is 9.84. The number of ether oxygens (including phenoxy) is 1. The number of rotatable bonds is 8. The summed E-state index contributed by atoms with van der Waals surface area (Å²) < 4.78 is 5.08. The second kappa shape index (κ2) is 10.5. The molecule has 2 aromatic rings. The summed E-state index contributed by atoms with van der Waals surface area (Å²) in [4.78, 5) is 46.7. The third kappa shape index (κ3) is 6.10. The Morgan fingerprint density at radius 3 is 2.50 bits per heavy atom. The number of aromatic nitrogens is 2. The highest BCUT2D eigenvalue weighted by molar-refractivity contribution is 5.96. The molecule has 0 spiro atoms. The lowest BCUT2D eigenvalue weighted by Crippen LogP contribution is -2.45. The first-order valence-electron chi connectivity index (χ1n) is 9.84. The number of benzene rings is 1. The van der Waals surface area contributed by atoms with Crippen LogP contribution < -0.4 is 5.32 Å². The highest BCUT2D eigenvalue weighted by Crippen LogP contribution is 2.18. The quantitative estimate of drug-likeness (QED) is 0.669. The van der Waals surface area contributed by atoms with Crippen LogP contribution in [-0.2, 0) is 14.3 Å². The molecule has 0 unspecified atom stereocenters. The number of carbonyl (C=O) groups excluding carboxylic acids is 3. The fourth-order valence-electron chi connectivity index (χ4n) is 2.72. The molecule has 1 N–H and O–H groups in total. The first-order chi connectivity index (χ1) is 14.2. The van der Waals surface area contributed by atoms with E-state index in [-0.39, 0.29) is 24.2 Å². The summed E-state index contributed by atoms with van der Waals surface area (Å²) in [6.07, 6.45) is 3.40. The predicted molar refractivity (Wildman–Crippen MR) is 113 cm³/mol. The molecule has 0 radical (unpaired) electrons. The van der Waals surface area contributed by atoms with Crippen LogP contribution in [0.25, 0.3) is 0 Å². The van der Waals surface area contributed by atoms with Crippen molar-refractivity contribution >= 4 is 23.5 Å². The van der Waals surface area contributed by atoms with Crippen LogP contribution in [0.4, 0.5) is 5.69 Å². The Morgan fingerprint density at radius 1 is 1.13 bits per heavy atom. The molecule has 0 bridgehead atoms. The number of amides is 2. The summed E-state index contributed by atoms with van der Waals surface area (Å²) >= 11 is 0. The van der Waals surface area contributed by atoms with E-state index in [1.165, 1.54) is 17.3 Å². The molecule has 1 heterocycles. The second-order valence-electron chi connectivity index (χ2n) is 7.19. The maximum Gasteiger partial charge on any atom is 0.359 e. The van der Waals surface area contributed by atoms with Gasteiger partial charge in [0.05, 0.1) is 11.9 Å². The van der Waals surface area contributed by atoms with E-state index >= 15 is 0 Å². The van der Waals surface area contributed by atoms with Crippen LogP contribution in [0.2, 0.25) is 0 Å². The van der Waals surface area contributed by atoms with E-state index in [9.17, 15) is 14.4 Å². The molecule has 8 nitrogen and oxygen atoms in total. The fraction of sp³-hybridized carbons (Fsp3) is 0.409. The van der Waals surface area contributed by atoms with E-state index in [4.69, 9.17) is 4.74 Å². The van der Waals surface area contributed by atoms with E-state index in [0.717, 1.165) is 11.1 Å². The maximum atomic E-state index is 12.7. The van der Waals surface area contributed by atoms with E-state index in [1.54, 1.807) is 6.92 Å². The number of nitrogens with one attached hydrogen (secondary N) is 1. The van der Waals surface area contributed by atoms with Crippen LogP contribution in [0, 0.1) is 20.8 Å². The summed E-state index contributed by atoms with van der Waals surface area (Å²) in [7, 11) is 0. The molecule has 1 atom stereocenters. The van der Waals surface area contributed by atoms with Crippen LogP contribution in [0.5, 0.6) is 0 Å². The topological polar surface area (TPSA) is 101 Å². The monoisotopic (exact) mass is 412 g/mol. The molecule has 0 aliphatic carbocycles. The summed E-state index contributed by atoms with van der Waals surface area (Å²) in [6.45, 7) is 8.79. The molecule has 0 saturated heterocycles. The number of nitrogens with zero attached hydrogens (tertiary/aromatic N) is 3. The Kier molecular flexibility index (Phi) is 8.03. The standard InChI is InChI=1S/C22H28N4O4/c1-6-16(4)26(12-20(27)25-18-9-7-8-14(2)17(18)5)21(28)13-30-22(29)19-11-23-15(3)10-24-19/h7-11,16H,6,12-13H2,1-5H3,(H,25,27)/t16-/m1/s1. The van der Waals surface area contributed by atoms with Gasteiger partial charge in [-0.25, -0.2) is 9.78 Å². The van der Waals surface area contributed by atoms with Gasteiger partial charge in [-0.05, 0) is 51.3 Å². The summed E-state index contributed by atoms with van der Waals surface area (Å²) in [5.41, 5.74) is 3.44. The smallest absolute Gasteiger partial charge is 0.359 e. The van der Waals surface area contributed by atoms with Crippen LogP contribution in [0.3, 0.4) is 0 Å². The largest absolute Gasteiger partial charge is 0.451 e. The Morgan fingerprint density at radius 2 is 1.87 bits per heavy atom. The van der Waals surface area contributed by atoms with Gasteiger partial charge in [0.1, 0.15) is 6.54 Å². The van der Waals surface area contributed by atoms with E-state index in [1.807, 2.05) is 45.9 Å². The lowest BCUT2D eigenvalue weighted by molar-refractivity contribution is -0.139. The molecule has 0 fully saturated rings. The number of esters is 1. The highest BCUT2D eigenvalue weighted by Gasteiger charge is 2.24. The lowest BCUT2D eigenvalue weighted by atomic mass is 10.1. The minimum Gasteiger partial charge on any atom is -0.451 e. The molecule has 8 heteroatoms. The van der Waals surface area contributed by atoms with E-state index in [2.05, 4.69) is 15.3 Å². The first kappa shape index (κ1) is 23.0. The minimum absolute atomic E-state index is 0.0242. The molecule has 0 aliphatic rings. The predicted octanol–water partition coefficient (Wildman–Crippen LogP) is 2.82. The minimum atomic E-state index is -0.736. The number of hydrogen-bond acceptors (Lipinski definition) is 6. The van der Waals surface area contributed by atoms with Gasteiger partial charge >= 0.3 is 5.97 Å². The second-order valence-corrected chi connectivity index (χ2v) is 7.19. The summed E-state index contributed by atoms with van der Waals surface area (Å²) in [5.74, 6) is -1.50. The van der Waals surface area contributed by atoms with Crippen molar-refractivity contribution in [3.8, 4) is 0 Å². The molecule has 0 aliphatic heterocycles. The van der Waals surface area contributed by atoms with Gasteiger partial charge in [-0.1, -0.05) is 19.1 Å². The number of hydrogen-bond donors (Lipinski definition) is 1. The number of carbonyl (C=O) groups is 3. The summed E-state index contributed by atoms with van der Waals surface area (Å²) in [5, 5.41) is 2.85. The molecular weight excluding hydrogens is 384 g/mol. The normalized spacial score (nSPS) is 11.5. The zero-order chi connectivity index (χ0) is 22.3. The van der Waals surface area contributed by atoms with Gasteiger partial charge in [0.15, 0.2) is 12.3 Å². The maximum absolute atomic E-state index is 12.7. The van der Waals surface area contributed by atoms with E-state index < -0.39 is 18.5 Å². The lowest BCUT2D eigenvalue weighted by Gasteiger charge is -2.28. The third-order valence-electron chi connectivity index (χ3n) is 4.95. The van der Waals surface area contributed by atoms with E-state index in [0.29, 0.717) is 17.8 Å². The SMILES string of the molecule is CC[C@@H](C)N(CC(=O)Nc1cccc(C)c1C)C(=O)COC(=O)c1cnc(C)cn1. The van der Waals surface area contributed by atoms with Gasteiger partial charge in [0.2, 0.25) is 5.91 Å².